The van der Waals surface area contributed by atoms with Gasteiger partial charge in [-0.2, -0.15) is 8.61 Å². The Hall–Kier alpha value is -3.65. The predicted molar refractivity (Wildman–Crippen MR) is 157 cm³/mol. The van der Waals surface area contributed by atoms with Crippen molar-refractivity contribution in [2.45, 2.75) is 62.7 Å². The third-order valence-electron chi connectivity index (χ3n) is 7.10. The highest BCUT2D eigenvalue weighted by molar-refractivity contribution is 7.89. The number of aromatic nitrogens is 1. The maximum Gasteiger partial charge on any atom is 0.244 e. The number of pyridine rings is 1. The minimum absolute atomic E-state index is 0.0107. The lowest BCUT2D eigenvalue weighted by molar-refractivity contribution is -0.126. The van der Waals surface area contributed by atoms with Crippen LogP contribution in [-0.2, 0) is 42.7 Å². The Labute approximate surface area is 247 Å². The molecular formula is C29H35N5O6S2. The molecule has 0 saturated heterocycles. The molecule has 2 bridgehead atoms. The third kappa shape index (κ3) is 6.86. The zero-order chi connectivity index (χ0) is 30.7. The van der Waals surface area contributed by atoms with E-state index in [0.717, 1.165) is 19.7 Å². The summed E-state index contributed by atoms with van der Waals surface area (Å²) in [7, 11) is -8.28. The number of nitrogens with one attached hydrogen (secondary N) is 2. The number of nitrogens with zero attached hydrogens (tertiary/aromatic N) is 3. The van der Waals surface area contributed by atoms with E-state index in [1.54, 1.807) is 42.5 Å². The normalized spacial score (nSPS) is 20.2. The Balaban J connectivity index is 1.77. The Morgan fingerprint density at radius 2 is 1.00 bits per heavy atom. The summed E-state index contributed by atoms with van der Waals surface area (Å²) in [6, 6.07) is 15.3. The second-order valence-corrected chi connectivity index (χ2v) is 14.1. The van der Waals surface area contributed by atoms with Crippen LogP contribution in [0, 0.1) is 13.8 Å². The van der Waals surface area contributed by atoms with Crippen LogP contribution in [0.15, 0.2) is 76.5 Å². The van der Waals surface area contributed by atoms with Crippen LogP contribution in [-0.4, -0.2) is 67.4 Å². The van der Waals surface area contributed by atoms with E-state index in [4.69, 9.17) is 0 Å². The van der Waals surface area contributed by atoms with Gasteiger partial charge in [-0.05, 0) is 64.1 Å². The number of sulfonamides is 2. The van der Waals surface area contributed by atoms with Crippen molar-refractivity contribution < 1.29 is 26.4 Å². The molecule has 1 aliphatic heterocycles. The van der Waals surface area contributed by atoms with Crippen molar-refractivity contribution in [2.75, 3.05) is 13.1 Å². The molecule has 0 unspecified atom stereocenters. The van der Waals surface area contributed by atoms with E-state index in [2.05, 4.69) is 15.6 Å². The highest BCUT2D eigenvalue weighted by Crippen LogP contribution is 2.24. The number of hydrogen-bond acceptors (Lipinski definition) is 7. The molecule has 1 aromatic heterocycles. The maximum atomic E-state index is 13.8. The summed E-state index contributed by atoms with van der Waals surface area (Å²) < 4.78 is 57.2. The van der Waals surface area contributed by atoms with Crippen molar-refractivity contribution in [2.24, 2.45) is 0 Å². The first-order valence-corrected chi connectivity index (χ1v) is 16.4. The van der Waals surface area contributed by atoms with Crippen LogP contribution in [0.1, 0.15) is 36.4 Å². The van der Waals surface area contributed by atoms with Crippen LogP contribution in [0.3, 0.4) is 0 Å². The van der Waals surface area contributed by atoms with Gasteiger partial charge in [-0.1, -0.05) is 41.5 Å². The number of carbonyl (C=O) groups is 2. The minimum atomic E-state index is -4.14. The summed E-state index contributed by atoms with van der Waals surface area (Å²) in [6.45, 7) is 6.20. The largest absolute Gasteiger partial charge is 0.353 e. The van der Waals surface area contributed by atoms with Gasteiger partial charge in [0.2, 0.25) is 31.9 Å². The van der Waals surface area contributed by atoms with Gasteiger partial charge in [0.25, 0.3) is 0 Å². The number of benzene rings is 2. The van der Waals surface area contributed by atoms with Gasteiger partial charge in [-0.25, -0.2) is 16.8 Å². The van der Waals surface area contributed by atoms with E-state index in [9.17, 15) is 26.4 Å². The van der Waals surface area contributed by atoms with E-state index in [1.165, 1.54) is 38.1 Å². The van der Waals surface area contributed by atoms with Crippen LogP contribution in [0.4, 0.5) is 0 Å². The van der Waals surface area contributed by atoms with E-state index in [-0.39, 0.29) is 36.0 Å². The van der Waals surface area contributed by atoms with Crippen molar-refractivity contribution in [1.29, 1.82) is 0 Å². The molecule has 0 radical (unpaired) electrons. The Morgan fingerprint density at radius 1 is 0.643 bits per heavy atom. The molecule has 2 N–H and O–H groups in total. The fourth-order valence-corrected chi connectivity index (χ4v) is 7.63. The van der Waals surface area contributed by atoms with Gasteiger partial charge in [0.1, 0.15) is 12.1 Å². The Morgan fingerprint density at radius 3 is 1.36 bits per heavy atom. The molecule has 42 heavy (non-hydrogen) atoms. The summed E-state index contributed by atoms with van der Waals surface area (Å²) in [4.78, 5) is 30.8. The number of aryl methyl sites for hydroxylation is 2. The SMILES string of the molecule is Cc1ccc(S(=O)(=O)N2Cc3cccc(n3)CN(S(=O)(=O)c3ccc(C)cc3)[C@@H](C)C(=O)NCCNC(=O)[C@@H]2C)cc1. The molecule has 224 valence electrons. The maximum absolute atomic E-state index is 13.8. The van der Waals surface area contributed by atoms with Gasteiger partial charge in [0, 0.05) is 13.1 Å². The van der Waals surface area contributed by atoms with Crippen LogP contribution < -0.4 is 10.6 Å². The topological polar surface area (TPSA) is 146 Å². The fraction of sp³-hybridized carbons (Fsp3) is 0.345. The molecule has 2 heterocycles. The second kappa shape index (κ2) is 12.7. The zero-order valence-corrected chi connectivity index (χ0v) is 25.6. The van der Waals surface area contributed by atoms with Crippen molar-refractivity contribution in [3.8, 4) is 0 Å². The van der Waals surface area contributed by atoms with Gasteiger partial charge in [0.15, 0.2) is 0 Å². The summed E-state index contributed by atoms with van der Waals surface area (Å²) in [5.41, 5.74) is 2.38. The first kappa shape index (κ1) is 31.3. The molecule has 0 spiro atoms. The third-order valence-corrected chi connectivity index (χ3v) is 11.0. The van der Waals surface area contributed by atoms with Gasteiger partial charge >= 0.3 is 0 Å². The van der Waals surface area contributed by atoms with E-state index in [1.807, 2.05) is 13.8 Å². The van der Waals surface area contributed by atoms with Crippen molar-refractivity contribution >= 4 is 31.9 Å². The number of fused-ring (bicyclic) bond motifs is 2. The van der Waals surface area contributed by atoms with Gasteiger partial charge in [-0.15, -0.1) is 0 Å². The van der Waals surface area contributed by atoms with Crippen molar-refractivity contribution in [1.82, 2.24) is 24.2 Å². The number of carbonyl (C=O) groups excluding carboxylic acids is 2. The summed E-state index contributed by atoms with van der Waals surface area (Å²) in [5, 5.41) is 5.33. The predicted octanol–water partition coefficient (Wildman–Crippen LogP) is 2.10. The van der Waals surface area contributed by atoms with Gasteiger partial charge in [0.05, 0.1) is 34.3 Å². The molecular weight excluding hydrogens is 578 g/mol. The quantitative estimate of drug-likeness (QED) is 0.458. The van der Waals surface area contributed by atoms with Crippen molar-refractivity contribution in [3.63, 3.8) is 0 Å². The van der Waals surface area contributed by atoms with E-state index in [0.29, 0.717) is 11.4 Å². The molecule has 1 aliphatic rings. The molecule has 2 aromatic carbocycles. The standard InChI is InChI=1S/C29H35N5O6S2/c1-20-8-12-26(13-9-20)41(37,38)33-18-24-6-5-7-25(32-24)19-34(42(39,40)27-14-10-21(2)11-15-27)23(4)29(36)31-17-16-30-28(35)22(33)3/h5-15,22-23H,16-19H2,1-4H3,(H,30,35)(H,31,36)/t22-,23-/m0/s1. The molecule has 4 rings (SSSR count). The van der Waals surface area contributed by atoms with E-state index >= 15 is 0 Å². The smallest absolute Gasteiger partial charge is 0.244 e. The van der Waals surface area contributed by atoms with Crippen LogP contribution >= 0.6 is 0 Å². The van der Waals surface area contributed by atoms with Crippen molar-refractivity contribution in [3.05, 3.63) is 89.2 Å². The second-order valence-electron chi connectivity index (χ2n) is 10.3. The summed E-state index contributed by atoms with van der Waals surface area (Å²) in [5.74, 6) is -1.11. The van der Waals surface area contributed by atoms with Crippen LogP contribution in [0.5, 0.6) is 0 Å². The van der Waals surface area contributed by atoms with Crippen LogP contribution in [0.2, 0.25) is 0 Å². The monoisotopic (exact) mass is 613 g/mol. The number of amides is 2. The zero-order valence-electron chi connectivity index (χ0n) is 23.9. The lowest BCUT2D eigenvalue weighted by Crippen LogP contribution is -2.50. The first-order valence-electron chi connectivity index (χ1n) is 13.5. The Bertz CT molecular complexity index is 1540. The highest BCUT2D eigenvalue weighted by Gasteiger charge is 2.36. The molecule has 13 heteroatoms. The first-order chi connectivity index (χ1) is 19.8. The van der Waals surface area contributed by atoms with Crippen LogP contribution in [0.25, 0.3) is 0 Å². The lowest BCUT2D eigenvalue weighted by Gasteiger charge is -2.28. The minimum Gasteiger partial charge on any atom is -0.353 e. The number of hydrogen-bond donors (Lipinski definition) is 2. The molecule has 2 atom stereocenters. The Kier molecular flexibility index (Phi) is 9.46. The molecule has 0 saturated carbocycles. The molecule has 0 aliphatic carbocycles. The van der Waals surface area contributed by atoms with Gasteiger partial charge < -0.3 is 10.6 Å². The lowest BCUT2D eigenvalue weighted by atomic mass is 10.2. The molecule has 0 fully saturated rings. The molecule has 3 aromatic rings. The molecule has 11 nitrogen and oxygen atoms in total. The molecule has 2 amide bonds. The number of rotatable bonds is 4. The summed E-state index contributed by atoms with van der Waals surface area (Å²) in [6.07, 6.45) is 0. The summed E-state index contributed by atoms with van der Waals surface area (Å²) >= 11 is 0. The van der Waals surface area contributed by atoms with Gasteiger partial charge in [-0.3, -0.25) is 14.6 Å². The fourth-order valence-electron chi connectivity index (χ4n) is 4.50. The average molecular weight is 614 g/mol. The van der Waals surface area contributed by atoms with E-state index < -0.39 is 43.9 Å². The average Bonchev–Trinajstić information content (AvgIpc) is 2.96. The highest BCUT2D eigenvalue weighted by atomic mass is 32.2.